The molecule has 0 aromatic heterocycles. The molecule has 0 heterocycles. The minimum Gasteiger partial charge on any atom is -0.493 e. The van der Waals surface area contributed by atoms with Crippen LogP contribution in [0.3, 0.4) is 0 Å². The quantitative estimate of drug-likeness (QED) is 0.736. The van der Waals surface area contributed by atoms with Crippen LogP contribution in [0.1, 0.15) is 36.1 Å². The predicted octanol–water partition coefficient (Wildman–Crippen LogP) is 3.49. The van der Waals surface area contributed by atoms with Gasteiger partial charge in [0.15, 0.2) is 6.61 Å². The third kappa shape index (κ3) is 6.24. The van der Waals surface area contributed by atoms with Crippen LogP contribution in [0, 0.1) is 13.8 Å². The van der Waals surface area contributed by atoms with E-state index >= 15 is 0 Å². The van der Waals surface area contributed by atoms with E-state index in [1.165, 1.54) is 0 Å². The number of nitrogens with one attached hydrogen (secondary N) is 1. The highest BCUT2D eigenvalue weighted by Gasteiger charge is 2.12. The first kappa shape index (κ1) is 19.5. The molecule has 0 saturated heterocycles. The molecule has 0 saturated carbocycles. The van der Waals surface area contributed by atoms with Crippen molar-refractivity contribution in [3.05, 3.63) is 65.2 Å². The van der Waals surface area contributed by atoms with Crippen molar-refractivity contribution >= 4 is 11.9 Å². The number of carbonyl (C=O) groups is 2. The molecule has 5 nitrogen and oxygen atoms in total. The summed E-state index contributed by atoms with van der Waals surface area (Å²) in [4.78, 5) is 23.7. The van der Waals surface area contributed by atoms with E-state index in [0.717, 1.165) is 22.4 Å². The minimum absolute atomic E-state index is 0.0922. The number of hydrogen-bond acceptors (Lipinski definition) is 4. The summed E-state index contributed by atoms with van der Waals surface area (Å²) < 4.78 is 10.6. The number of hydrogen-bond donors (Lipinski definition) is 1. The first-order chi connectivity index (χ1) is 12.5. The number of aryl methyl sites for hydroxylation is 2. The van der Waals surface area contributed by atoms with Gasteiger partial charge in [-0.1, -0.05) is 42.5 Å². The van der Waals surface area contributed by atoms with Gasteiger partial charge in [0.25, 0.3) is 5.91 Å². The summed E-state index contributed by atoms with van der Waals surface area (Å²) in [6.45, 7) is 5.73. The molecule has 0 aliphatic carbocycles. The van der Waals surface area contributed by atoms with Crippen molar-refractivity contribution in [2.75, 3.05) is 13.2 Å². The second kappa shape index (κ2) is 9.61. The SMILES string of the molecule is Cc1ccc(C)c(OCCC(=O)OCC(=O)N[C@@H](C)c2ccccc2)c1. The molecule has 0 aliphatic rings. The molecule has 0 aliphatic heterocycles. The molecule has 2 aromatic rings. The van der Waals surface area contributed by atoms with Crippen molar-refractivity contribution in [1.82, 2.24) is 5.32 Å². The van der Waals surface area contributed by atoms with Gasteiger partial charge in [-0.25, -0.2) is 0 Å². The Morgan fingerprint density at radius 3 is 2.54 bits per heavy atom. The Labute approximate surface area is 154 Å². The zero-order valence-corrected chi connectivity index (χ0v) is 15.5. The van der Waals surface area contributed by atoms with E-state index < -0.39 is 5.97 Å². The monoisotopic (exact) mass is 355 g/mol. The van der Waals surface area contributed by atoms with Gasteiger partial charge in [-0.2, -0.15) is 0 Å². The number of esters is 1. The number of carbonyl (C=O) groups excluding carboxylic acids is 2. The maximum Gasteiger partial charge on any atom is 0.309 e. The Bertz CT molecular complexity index is 743. The van der Waals surface area contributed by atoms with Crippen LogP contribution in [0.15, 0.2) is 48.5 Å². The highest BCUT2D eigenvalue weighted by atomic mass is 16.5. The topological polar surface area (TPSA) is 64.6 Å². The Morgan fingerprint density at radius 2 is 1.81 bits per heavy atom. The average molecular weight is 355 g/mol. The third-order valence-corrected chi connectivity index (χ3v) is 3.95. The van der Waals surface area contributed by atoms with Gasteiger partial charge in [0.05, 0.1) is 19.1 Å². The number of amides is 1. The first-order valence-electron chi connectivity index (χ1n) is 8.65. The zero-order valence-electron chi connectivity index (χ0n) is 15.5. The fourth-order valence-electron chi connectivity index (χ4n) is 2.43. The molecule has 5 heteroatoms. The van der Waals surface area contributed by atoms with Gasteiger partial charge in [0.1, 0.15) is 5.75 Å². The molecule has 0 unspecified atom stereocenters. The molecule has 26 heavy (non-hydrogen) atoms. The molecule has 1 N–H and O–H groups in total. The summed E-state index contributed by atoms with van der Waals surface area (Å²) in [5, 5.41) is 2.80. The van der Waals surface area contributed by atoms with E-state index in [-0.39, 0.29) is 31.6 Å². The summed E-state index contributed by atoms with van der Waals surface area (Å²) in [7, 11) is 0. The standard InChI is InChI=1S/C21H25NO4/c1-15-9-10-16(2)19(13-15)25-12-11-21(24)26-14-20(23)22-17(3)18-7-5-4-6-8-18/h4-10,13,17H,11-12,14H2,1-3H3,(H,22,23)/t17-/m0/s1. The van der Waals surface area contributed by atoms with E-state index in [9.17, 15) is 9.59 Å². The van der Waals surface area contributed by atoms with Crippen LogP contribution in [-0.2, 0) is 14.3 Å². The largest absolute Gasteiger partial charge is 0.493 e. The maximum absolute atomic E-state index is 11.9. The van der Waals surface area contributed by atoms with Crippen molar-refractivity contribution in [3.8, 4) is 5.75 Å². The van der Waals surface area contributed by atoms with Gasteiger partial charge in [0, 0.05) is 0 Å². The summed E-state index contributed by atoms with van der Waals surface area (Å²) in [6.07, 6.45) is 0.0922. The van der Waals surface area contributed by atoms with Crippen molar-refractivity contribution < 1.29 is 19.1 Å². The van der Waals surface area contributed by atoms with Crippen LogP contribution < -0.4 is 10.1 Å². The first-order valence-corrected chi connectivity index (χ1v) is 8.65. The van der Waals surface area contributed by atoms with Gasteiger partial charge < -0.3 is 14.8 Å². The van der Waals surface area contributed by atoms with Gasteiger partial charge in [0.2, 0.25) is 0 Å². The van der Waals surface area contributed by atoms with Crippen molar-refractivity contribution in [1.29, 1.82) is 0 Å². The van der Waals surface area contributed by atoms with Gasteiger partial charge >= 0.3 is 5.97 Å². The van der Waals surface area contributed by atoms with Gasteiger partial charge in [-0.15, -0.1) is 0 Å². The Balaban J connectivity index is 1.68. The van der Waals surface area contributed by atoms with E-state index in [1.807, 2.05) is 69.3 Å². The third-order valence-electron chi connectivity index (χ3n) is 3.95. The van der Waals surface area contributed by atoms with Crippen molar-refractivity contribution in [2.45, 2.75) is 33.2 Å². The van der Waals surface area contributed by atoms with Crippen LogP contribution >= 0.6 is 0 Å². The lowest BCUT2D eigenvalue weighted by Crippen LogP contribution is -2.31. The summed E-state index contributed by atoms with van der Waals surface area (Å²) in [5.74, 6) is -0.0322. The highest BCUT2D eigenvalue weighted by molar-refractivity contribution is 5.80. The van der Waals surface area contributed by atoms with Crippen LogP contribution in [0.4, 0.5) is 0 Å². The Morgan fingerprint density at radius 1 is 1.08 bits per heavy atom. The summed E-state index contributed by atoms with van der Waals surface area (Å²) in [6, 6.07) is 15.4. The van der Waals surface area contributed by atoms with Crippen LogP contribution in [0.5, 0.6) is 5.75 Å². The molecule has 0 bridgehead atoms. The summed E-state index contributed by atoms with van der Waals surface area (Å²) >= 11 is 0. The van der Waals surface area contributed by atoms with Gasteiger partial charge in [-0.3, -0.25) is 9.59 Å². The second-order valence-corrected chi connectivity index (χ2v) is 6.23. The normalized spacial score (nSPS) is 11.5. The summed E-state index contributed by atoms with van der Waals surface area (Å²) in [5.41, 5.74) is 3.10. The van der Waals surface area contributed by atoms with E-state index in [2.05, 4.69) is 5.32 Å². The zero-order chi connectivity index (χ0) is 18.9. The number of rotatable bonds is 8. The lowest BCUT2D eigenvalue weighted by Gasteiger charge is -2.14. The Hall–Kier alpha value is -2.82. The van der Waals surface area contributed by atoms with Crippen LogP contribution in [0.2, 0.25) is 0 Å². The average Bonchev–Trinajstić information content (AvgIpc) is 2.63. The van der Waals surface area contributed by atoms with Crippen LogP contribution in [-0.4, -0.2) is 25.1 Å². The number of ether oxygens (including phenoxy) is 2. The highest BCUT2D eigenvalue weighted by Crippen LogP contribution is 2.19. The smallest absolute Gasteiger partial charge is 0.309 e. The molecule has 2 rings (SSSR count). The minimum atomic E-state index is -0.460. The molecular formula is C21H25NO4. The second-order valence-electron chi connectivity index (χ2n) is 6.23. The number of benzene rings is 2. The Kier molecular flexibility index (Phi) is 7.21. The van der Waals surface area contributed by atoms with E-state index in [4.69, 9.17) is 9.47 Å². The van der Waals surface area contributed by atoms with Gasteiger partial charge in [-0.05, 0) is 43.5 Å². The van der Waals surface area contributed by atoms with E-state index in [0.29, 0.717) is 0 Å². The molecule has 0 radical (unpaired) electrons. The van der Waals surface area contributed by atoms with Crippen molar-refractivity contribution in [3.63, 3.8) is 0 Å². The molecule has 2 aromatic carbocycles. The molecular weight excluding hydrogens is 330 g/mol. The van der Waals surface area contributed by atoms with E-state index in [1.54, 1.807) is 0 Å². The fraction of sp³-hybridized carbons (Fsp3) is 0.333. The molecule has 1 amide bonds. The molecule has 0 fully saturated rings. The fourth-order valence-corrected chi connectivity index (χ4v) is 2.43. The molecule has 1 atom stereocenters. The van der Waals surface area contributed by atoms with Crippen molar-refractivity contribution in [2.24, 2.45) is 0 Å². The lowest BCUT2D eigenvalue weighted by molar-refractivity contribution is -0.149. The predicted molar refractivity (Wildman–Crippen MR) is 100.0 cm³/mol. The molecule has 138 valence electrons. The molecule has 0 spiro atoms. The lowest BCUT2D eigenvalue weighted by atomic mass is 10.1. The maximum atomic E-state index is 11.9. The van der Waals surface area contributed by atoms with Crippen LogP contribution in [0.25, 0.3) is 0 Å².